The van der Waals surface area contributed by atoms with Crippen molar-refractivity contribution >= 4 is 40.5 Å². The van der Waals surface area contributed by atoms with E-state index in [0.717, 1.165) is 4.68 Å². The lowest BCUT2D eigenvalue weighted by atomic mass is 9.99. The van der Waals surface area contributed by atoms with Gasteiger partial charge in [0.05, 0.1) is 24.7 Å². The summed E-state index contributed by atoms with van der Waals surface area (Å²) >= 11 is 5.86. The molecule has 0 amide bonds. The molecule has 34 heavy (non-hydrogen) atoms. The van der Waals surface area contributed by atoms with Crippen molar-refractivity contribution in [3.05, 3.63) is 29.1 Å². The lowest BCUT2D eigenvalue weighted by Crippen LogP contribution is -2.42. The maximum absolute atomic E-state index is 14.9. The molecule has 4 unspecified atom stereocenters. The first-order valence-corrected chi connectivity index (χ1v) is 10.4. The molecular formula is C19H21ClFN7O6. The Balaban J connectivity index is 1.47. The summed E-state index contributed by atoms with van der Waals surface area (Å²) in [7, 11) is 1.44. The highest BCUT2D eigenvalue weighted by molar-refractivity contribution is 6.28. The molecule has 4 rings (SSSR count). The van der Waals surface area contributed by atoms with Crippen molar-refractivity contribution in [2.24, 2.45) is 7.05 Å². The average Bonchev–Trinajstić information content (AvgIpc) is 3.43. The predicted octanol–water partition coefficient (Wildman–Crippen LogP) is 1.22. The fourth-order valence-corrected chi connectivity index (χ4v) is 3.94. The fourth-order valence-electron chi connectivity index (χ4n) is 3.77. The second-order valence-electron chi connectivity index (χ2n) is 8.08. The van der Waals surface area contributed by atoms with E-state index in [1.807, 2.05) is 0 Å². The topological polar surface area (TPSA) is 180 Å². The molecule has 182 valence electrons. The molecule has 0 saturated carbocycles. The number of aromatic nitrogens is 6. The van der Waals surface area contributed by atoms with Crippen LogP contribution in [0.5, 0.6) is 0 Å². The van der Waals surface area contributed by atoms with Crippen molar-refractivity contribution in [3.63, 3.8) is 0 Å². The second-order valence-corrected chi connectivity index (χ2v) is 8.41. The van der Waals surface area contributed by atoms with Gasteiger partial charge in [0.2, 0.25) is 5.28 Å². The van der Waals surface area contributed by atoms with Gasteiger partial charge in [0.25, 0.3) is 0 Å². The molecule has 0 aromatic carbocycles. The number of anilines is 1. The van der Waals surface area contributed by atoms with Crippen LogP contribution in [0.2, 0.25) is 5.28 Å². The van der Waals surface area contributed by atoms with Crippen molar-refractivity contribution in [1.82, 2.24) is 29.3 Å². The number of aliphatic carboxylic acids is 1. The Morgan fingerprint density at radius 1 is 1.41 bits per heavy atom. The zero-order valence-electron chi connectivity index (χ0n) is 18.1. The fraction of sp³-hybridized carbons (Fsp3) is 0.474. The number of halogens is 2. The van der Waals surface area contributed by atoms with Gasteiger partial charge in [-0.05, 0) is 24.6 Å². The lowest BCUT2D eigenvalue weighted by Gasteiger charge is -2.26. The second kappa shape index (κ2) is 8.77. The summed E-state index contributed by atoms with van der Waals surface area (Å²) in [6, 6.07) is 1.27. The van der Waals surface area contributed by atoms with Gasteiger partial charge in [0.15, 0.2) is 23.3 Å². The van der Waals surface area contributed by atoms with E-state index in [1.165, 1.54) is 30.9 Å². The first kappa shape index (κ1) is 23.8. The molecule has 1 aliphatic heterocycles. The number of hydrogen-bond acceptors (Lipinski definition) is 9. The number of alkyl halides is 1. The summed E-state index contributed by atoms with van der Waals surface area (Å²) < 4.78 is 28.8. The molecule has 15 heteroatoms. The zero-order valence-corrected chi connectivity index (χ0v) is 18.8. The molecule has 1 fully saturated rings. The molecule has 4 N–H and O–H groups in total. The molecule has 1 saturated heterocycles. The summed E-state index contributed by atoms with van der Waals surface area (Å²) in [5.41, 5.74) is 4.60. The van der Waals surface area contributed by atoms with Gasteiger partial charge in [0, 0.05) is 19.9 Å². The lowest BCUT2D eigenvalue weighted by molar-refractivity contribution is -0.169. The van der Waals surface area contributed by atoms with Crippen LogP contribution >= 0.6 is 11.6 Å². The minimum atomic E-state index is -1.76. The zero-order chi connectivity index (χ0) is 24.8. The minimum absolute atomic E-state index is 0.0415. The summed E-state index contributed by atoms with van der Waals surface area (Å²) in [6.45, 7) is 1.09. The number of ether oxygens (including phenoxy) is 2. The Morgan fingerprint density at radius 2 is 2.15 bits per heavy atom. The van der Waals surface area contributed by atoms with Crippen LogP contribution in [-0.4, -0.2) is 75.9 Å². The van der Waals surface area contributed by atoms with E-state index < -0.39 is 36.0 Å². The van der Waals surface area contributed by atoms with E-state index in [-0.39, 0.29) is 53.1 Å². The first-order valence-electron chi connectivity index (χ1n) is 10.1. The molecule has 4 heterocycles. The van der Waals surface area contributed by atoms with E-state index in [4.69, 9.17) is 31.9 Å². The van der Waals surface area contributed by atoms with Gasteiger partial charge in [-0.3, -0.25) is 9.25 Å². The van der Waals surface area contributed by atoms with Gasteiger partial charge in [-0.25, -0.2) is 19.0 Å². The number of hydrogen-bond donors (Lipinski definition) is 3. The number of rotatable bonds is 8. The van der Waals surface area contributed by atoms with Crippen LogP contribution in [0, 0.1) is 0 Å². The molecule has 0 bridgehead atoms. The molecule has 0 radical (unpaired) electrons. The maximum Gasteiger partial charge on any atom is 0.354 e. The SMILES string of the molecule is Cn1nc(CC(C)(OCC2CC(F)C(n3cnc4c(N)nc(Cl)nc43)O2)C(=O)O)cc1C(=O)O. The summed E-state index contributed by atoms with van der Waals surface area (Å²) in [6.07, 6.45) is -2.31. The van der Waals surface area contributed by atoms with Crippen molar-refractivity contribution < 1.29 is 33.7 Å². The van der Waals surface area contributed by atoms with Crippen LogP contribution in [0.15, 0.2) is 12.4 Å². The third-order valence-corrected chi connectivity index (χ3v) is 5.70. The number of carboxylic acid groups (broad SMARTS) is 2. The molecule has 0 aliphatic carbocycles. The largest absolute Gasteiger partial charge is 0.479 e. The van der Waals surface area contributed by atoms with Crippen LogP contribution in [0.25, 0.3) is 11.2 Å². The third kappa shape index (κ3) is 4.38. The molecular weight excluding hydrogens is 477 g/mol. The molecule has 3 aromatic heterocycles. The monoisotopic (exact) mass is 497 g/mol. The Kier molecular flexibility index (Phi) is 6.14. The van der Waals surface area contributed by atoms with E-state index in [2.05, 4.69) is 20.1 Å². The highest BCUT2D eigenvalue weighted by atomic mass is 35.5. The summed E-state index contributed by atoms with van der Waals surface area (Å²) in [4.78, 5) is 35.1. The molecule has 0 spiro atoms. The first-order chi connectivity index (χ1) is 16.0. The standard InChI is InChI=1S/C19H21ClFN7O6/c1-19(17(31)32,5-8-3-11(16(29)30)27(2)26-8)33-6-9-4-10(21)15(34-9)28-7-23-12-13(22)24-18(20)25-14(12)28/h3,7,9-10,15H,4-6H2,1-2H3,(H,29,30)(H,31,32)(H2,22,24,25). The van der Waals surface area contributed by atoms with Crippen LogP contribution in [0.4, 0.5) is 10.2 Å². The predicted molar refractivity (Wildman–Crippen MR) is 114 cm³/mol. The number of carboxylic acids is 2. The van der Waals surface area contributed by atoms with Crippen LogP contribution in [-0.2, 0) is 27.7 Å². The average molecular weight is 498 g/mol. The number of imidazole rings is 1. The Hall–Kier alpha value is -3.36. The number of carbonyl (C=O) groups is 2. The third-order valence-electron chi connectivity index (χ3n) is 5.53. The highest BCUT2D eigenvalue weighted by Crippen LogP contribution is 2.35. The number of aryl methyl sites for hydroxylation is 1. The quantitative estimate of drug-likeness (QED) is 0.380. The van der Waals surface area contributed by atoms with Crippen molar-refractivity contribution in [1.29, 1.82) is 0 Å². The van der Waals surface area contributed by atoms with Crippen molar-refractivity contribution in [2.45, 2.75) is 43.9 Å². The van der Waals surface area contributed by atoms with E-state index in [1.54, 1.807) is 0 Å². The minimum Gasteiger partial charge on any atom is -0.479 e. The van der Waals surface area contributed by atoms with Crippen LogP contribution in [0.3, 0.4) is 0 Å². The number of aromatic carboxylic acids is 1. The number of fused-ring (bicyclic) bond motifs is 1. The van der Waals surface area contributed by atoms with Gasteiger partial charge in [-0.2, -0.15) is 15.1 Å². The Bertz CT molecular complexity index is 1270. The Labute approximate surface area is 196 Å². The van der Waals surface area contributed by atoms with E-state index >= 15 is 0 Å². The smallest absolute Gasteiger partial charge is 0.354 e. The summed E-state index contributed by atoms with van der Waals surface area (Å²) in [5.74, 6) is -2.44. The molecule has 1 aliphatic rings. The molecule has 13 nitrogen and oxygen atoms in total. The maximum atomic E-state index is 14.9. The van der Waals surface area contributed by atoms with Crippen molar-refractivity contribution in [3.8, 4) is 0 Å². The van der Waals surface area contributed by atoms with Gasteiger partial charge in [0.1, 0.15) is 17.4 Å². The van der Waals surface area contributed by atoms with E-state index in [0.29, 0.717) is 0 Å². The van der Waals surface area contributed by atoms with E-state index in [9.17, 15) is 19.1 Å². The van der Waals surface area contributed by atoms with Crippen molar-refractivity contribution in [2.75, 3.05) is 12.3 Å². The van der Waals surface area contributed by atoms with Gasteiger partial charge >= 0.3 is 11.9 Å². The summed E-state index contributed by atoms with van der Waals surface area (Å²) in [5, 5.41) is 22.8. The molecule has 3 aromatic rings. The normalized spacial score (nSPS) is 22.2. The highest BCUT2D eigenvalue weighted by Gasteiger charge is 2.41. The van der Waals surface area contributed by atoms with Gasteiger partial charge in [-0.1, -0.05) is 0 Å². The number of nitrogens with two attached hydrogens (primary N) is 1. The molecule has 4 atom stereocenters. The van der Waals surface area contributed by atoms with Gasteiger partial charge < -0.3 is 25.4 Å². The Morgan fingerprint density at radius 3 is 2.79 bits per heavy atom. The van der Waals surface area contributed by atoms with Crippen LogP contribution < -0.4 is 5.73 Å². The number of nitrogen functional groups attached to an aromatic ring is 1. The van der Waals surface area contributed by atoms with Gasteiger partial charge in [-0.15, -0.1) is 0 Å². The van der Waals surface area contributed by atoms with Crippen LogP contribution in [0.1, 0.15) is 35.8 Å². The number of nitrogens with zero attached hydrogens (tertiary/aromatic N) is 6.